The fraction of sp³-hybridized carbons (Fsp3) is 0.0909. The van der Waals surface area contributed by atoms with E-state index in [0.29, 0.717) is 10.7 Å². The fourth-order valence-corrected chi connectivity index (χ4v) is 2.78. The Labute approximate surface area is 102 Å². The first-order valence-electron chi connectivity index (χ1n) is 4.39. The maximum absolute atomic E-state index is 6.01. The number of anilines is 1. The van der Waals surface area contributed by atoms with Crippen molar-refractivity contribution in [3.8, 4) is 10.4 Å². The summed E-state index contributed by atoms with van der Waals surface area (Å²) in [7, 11) is 0. The molecule has 15 heavy (non-hydrogen) atoms. The van der Waals surface area contributed by atoms with Crippen LogP contribution in [0, 0.1) is 6.92 Å². The number of hydrogen-bond acceptors (Lipinski definition) is 2. The first-order chi connectivity index (χ1) is 7.08. The molecule has 0 spiro atoms. The van der Waals surface area contributed by atoms with Crippen LogP contribution in [0.5, 0.6) is 0 Å². The summed E-state index contributed by atoms with van der Waals surface area (Å²) in [6.45, 7) is 1.98. The molecule has 0 atom stereocenters. The van der Waals surface area contributed by atoms with E-state index in [2.05, 4.69) is 0 Å². The largest absolute Gasteiger partial charge is 0.398 e. The van der Waals surface area contributed by atoms with Crippen molar-refractivity contribution >= 4 is 40.2 Å². The monoisotopic (exact) mass is 257 g/mol. The van der Waals surface area contributed by atoms with Crippen molar-refractivity contribution < 1.29 is 0 Å². The van der Waals surface area contributed by atoms with Crippen LogP contribution in [-0.4, -0.2) is 0 Å². The molecule has 1 aromatic heterocycles. The topological polar surface area (TPSA) is 26.0 Å². The van der Waals surface area contributed by atoms with Crippen molar-refractivity contribution in [1.29, 1.82) is 0 Å². The van der Waals surface area contributed by atoms with E-state index >= 15 is 0 Å². The lowest BCUT2D eigenvalue weighted by Crippen LogP contribution is -1.87. The van der Waals surface area contributed by atoms with Gasteiger partial charge in [-0.2, -0.15) is 0 Å². The van der Waals surface area contributed by atoms with E-state index in [1.54, 1.807) is 6.07 Å². The van der Waals surface area contributed by atoms with Gasteiger partial charge in [-0.05, 0) is 30.7 Å². The third-order valence-corrected chi connectivity index (χ3v) is 3.96. The fourth-order valence-electron chi connectivity index (χ4n) is 1.35. The average Bonchev–Trinajstić information content (AvgIpc) is 2.46. The third kappa shape index (κ3) is 2.12. The molecule has 0 aliphatic heterocycles. The summed E-state index contributed by atoms with van der Waals surface area (Å²) in [5.74, 6) is 0. The number of hydrogen-bond donors (Lipinski definition) is 1. The lowest BCUT2D eigenvalue weighted by molar-refractivity contribution is 1.55. The van der Waals surface area contributed by atoms with E-state index in [1.165, 1.54) is 11.3 Å². The Morgan fingerprint density at radius 3 is 2.47 bits per heavy atom. The Balaban J connectivity index is 2.54. The normalized spacial score (nSPS) is 10.6. The van der Waals surface area contributed by atoms with Crippen LogP contribution in [0.25, 0.3) is 10.4 Å². The van der Waals surface area contributed by atoms with Gasteiger partial charge in [0.2, 0.25) is 0 Å². The number of nitrogens with two attached hydrogens (primary N) is 1. The Morgan fingerprint density at radius 1 is 1.20 bits per heavy atom. The van der Waals surface area contributed by atoms with Crippen molar-refractivity contribution in [3.05, 3.63) is 39.2 Å². The van der Waals surface area contributed by atoms with Crippen LogP contribution in [0.1, 0.15) is 5.56 Å². The van der Waals surface area contributed by atoms with Gasteiger partial charge in [0.25, 0.3) is 0 Å². The van der Waals surface area contributed by atoms with Crippen molar-refractivity contribution in [3.63, 3.8) is 0 Å². The second kappa shape index (κ2) is 4.05. The second-order valence-corrected chi connectivity index (χ2v) is 5.39. The summed E-state index contributed by atoms with van der Waals surface area (Å²) in [5, 5.41) is 0.649. The summed E-state index contributed by atoms with van der Waals surface area (Å²) < 4.78 is 0.805. The number of thiophene rings is 1. The highest BCUT2D eigenvalue weighted by Gasteiger charge is 2.08. The zero-order valence-corrected chi connectivity index (χ0v) is 10.4. The molecule has 0 fully saturated rings. The highest BCUT2D eigenvalue weighted by Crippen LogP contribution is 2.37. The Bertz CT molecular complexity index is 486. The number of nitrogen functional groups attached to an aromatic ring is 1. The molecule has 78 valence electrons. The lowest BCUT2D eigenvalue weighted by Gasteiger charge is -2.02. The quantitative estimate of drug-likeness (QED) is 0.742. The van der Waals surface area contributed by atoms with Crippen molar-refractivity contribution in [1.82, 2.24) is 0 Å². The molecule has 1 heterocycles. The van der Waals surface area contributed by atoms with Gasteiger partial charge in [-0.3, -0.25) is 0 Å². The van der Waals surface area contributed by atoms with E-state index in [9.17, 15) is 0 Å². The van der Waals surface area contributed by atoms with E-state index < -0.39 is 0 Å². The minimum Gasteiger partial charge on any atom is -0.398 e. The molecule has 4 heteroatoms. The molecule has 2 N–H and O–H groups in total. The van der Waals surface area contributed by atoms with Gasteiger partial charge in [0.05, 0.1) is 4.34 Å². The molecule has 0 amide bonds. The first-order valence-corrected chi connectivity index (χ1v) is 5.96. The molecular formula is C11H9Cl2NS. The van der Waals surface area contributed by atoms with Crippen LogP contribution in [0.3, 0.4) is 0 Å². The molecule has 0 bridgehead atoms. The highest BCUT2D eigenvalue weighted by molar-refractivity contribution is 7.19. The molecule has 1 aromatic carbocycles. The van der Waals surface area contributed by atoms with Gasteiger partial charge >= 0.3 is 0 Å². The van der Waals surface area contributed by atoms with E-state index in [-0.39, 0.29) is 0 Å². The van der Waals surface area contributed by atoms with Gasteiger partial charge in [-0.15, -0.1) is 11.3 Å². The van der Waals surface area contributed by atoms with Crippen molar-refractivity contribution in [2.75, 3.05) is 5.73 Å². The predicted octanol–water partition coefficient (Wildman–Crippen LogP) is 4.61. The average molecular weight is 258 g/mol. The van der Waals surface area contributed by atoms with Gasteiger partial charge in [-0.25, -0.2) is 0 Å². The van der Waals surface area contributed by atoms with Crippen molar-refractivity contribution in [2.24, 2.45) is 0 Å². The molecule has 0 unspecified atom stereocenters. The van der Waals surface area contributed by atoms with Crippen LogP contribution >= 0.6 is 34.5 Å². The Kier molecular flexibility index (Phi) is 2.91. The molecule has 0 saturated carbocycles. The highest BCUT2D eigenvalue weighted by atomic mass is 35.5. The molecule has 0 aliphatic carbocycles. The van der Waals surface area contributed by atoms with Gasteiger partial charge in [0.1, 0.15) is 0 Å². The third-order valence-electron chi connectivity index (χ3n) is 2.14. The maximum Gasteiger partial charge on any atom is 0.0964 e. The zero-order valence-electron chi connectivity index (χ0n) is 8.05. The van der Waals surface area contributed by atoms with Crippen LogP contribution in [0.15, 0.2) is 24.3 Å². The summed E-state index contributed by atoms with van der Waals surface area (Å²) in [6.07, 6.45) is 0. The lowest BCUT2D eigenvalue weighted by atomic mass is 10.1. The second-order valence-electron chi connectivity index (χ2n) is 3.30. The van der Waals surface area contributed by atoms with E-state index in [4.69, 9.17) is 28.9 Å². The van der Waals surface area contributed by atoms with E-state index in [0.717, 1.165) is 20.3 Å². The number of aryl methyl sites for hydroxylation is 1. The zero-order chi connectivity index (χ0) is 11.0. The van der Waals surface area contributed by atoms with Gasteiger partial charge < -0.3 is 5.73 Å². The minimum atomic E-state index is 0.649. The summed E-state index contributed by atoms with van der Waals surface area (Å²) >= 11 is 13.4. The van der Waals surface area contributed by atoms with Crippen LogP contribution < -0.4 is 5.73 Å². The van der Waals surface area contributed by atoms with Gasteiger partial charge in [-0.1, -0.05) is 29.3 Å². The minimum absolute atomic E-state index is 0.649. The summed E-state index contributed by atoms with van der Waals surface area (Å²) in [4.78, 5) is 1.08. The smallest absolute Gasteiger partial charge is 0.0964 e. The Hall–Kier alpha value is -0.700. The number of rotatable bonds is 1. The summed E-state index contributed by atoms with van der Waals surface area (Å²) in [6, 6.07) is 7.53. The molecule has 2 rings (SSSR count). The van der Waals surface area contributed by atoms with Gasteiger partial charge in [0, 0.05) is 21.2 Å². The molecule has 0 saturated heterocycles. The molecular weight excluding hydrogens is 249 g/mol. The van der Waals surface area contributed by atoms with Crippen LogP contribution in [-0.2, 0) is 0 Å². The molecule has 0 radical (unpaired) electrons. The standard InChI is InChI=1S/C11H9Cl2NS/c1-6-4-10(15-11(6)13)8-3-2-7(12)5-9(8)14/h2-5H,14H2,1H3. The Morgan fingerprint density at radius 2 is 1.93 bits per heavy atom. The van der Waals surface area contributed by atoms with Crippen LogP contribution in [0.2, 0.25) is 9.36 Å². The molecule has 0 aliphatic rings. The van der Waals surface area contributed by atoms with Crippen LogP contribution in [0.4, 0.5) is 5.69 Å². The molecule has 2 aromatic rings. The van der Waals surface area contributed by atoms with Gasteiger partial charge in [0.15, 0.2) is 0 Å². The predicted molar refractivity (Wildman–Crippen MR) is 68.9 cm³/mol. The number of benzene rings is 1. The van der Waals surface area contributed by atoms with Crippen molar-refractivity contribution in [2.45, 2.75) is 6.92 Å². The maximum atomic E-state index is 6.01. The number of halogens is 2. The SMILES string of the molecule is Cc1cc(-c2ccc(Cl)cc2N)sc1Cl. The van der Waals surface area contributed by atoms with E-state index in [1.807, 2.05) is 25.1 Å². The molecule has 1 nitrogen and oxygen atoms in total. The first kappa shape index (κ1) is 10.8. The summed E-state index contributed by atoms with van der Waals surface area (Å²) in [5.41, 5.74) is 8.63.